The van der Waals surface area contributed by atoms with E-state index in [2.05, 4.69) is 26.1 Å². The van der Waals surface area contributed by atoms with E-state index < -0.39 is 0 Å². The van der Waals surface area contributed by atoms with Crippen molar-refractivity contribution in [1.82, 2.24) is 4.98 Å². The third-order valence-corrected chi connectivity index (χ3v) is 3.05. The standard InChI is InChI=1S/C12H9BrClN3O2/c13-8-1-2-9(14)10(6-8)19-11-5-7(3-4-16-11)12(15)17-18/h1-6,18H,(H2,15,17). The predicted molar refractivity (Wildman–Crippen MR) is 76.0 cm³/mol. The summed E-state index contributed by atoms with van der Waals surface area (Å²) in [7, 11) is 0. The molecule has 0 fully saturated rings. The Balaban J connectivity index is 2.31. The van der Waals surface area contributed by atoms with Crippen molar-refractivity contribution in [2.24, 2.45) is 10.9 Å². The molecule has 0 radical (unpaired) electrons. The molecular formula is C12H9BrClN3O2. The van der Waals surface area contributed by atoms with E-state index in [4.69, 9.17) is 27.3 Å². The molecule has 7 heteroatoms. The number of benzene rings is 1. The number of oxime groups is 1. The fourth-order valence-electron chi connectivity index (χ4n) is 1.35. The van der Waals surface area contributed by atoms with Crippen LogP contribution in [-0.4, -0.2) is 16.0 Å². The summed E-state index contributed by atoms with van der Waals surface area (Å²) in [4.78, 5) is 4.03. The summed E-state index contributed by atoms with van der Waals surface area (Å²) >= 11 is 9.34. The second-order valence-electron chi connectivity index (χ2n) is 3.54. The molecule has 2 aromatic rings. The van der Waals surface area contributed by atoms with E-state index in [0.29, 0.717) is 22.2 Å². The van der Waals surface area contributed by atoms with E-state index in [9.17, 15) is 0 Å². The largest absolute Gasteiger partial charge is 0.437 e. The van der Waals surface area contributed by atoms with Crippen LogP contribution in [0.4, 0.5) is 0 Å². The van der Waals surface area contributed by atoms with Gasteiger partial charge in [-0.25, -0.2) is 4.98 Å². The molecule has 0 spiro atoms. The molecule has 1 aromatic heterocycles. The van der Waals surface area contributed by atoms with Crippen LogP contribution in [0.2, 0.25) is 5.02 Å². The lowest BCUT2D eigenvalue weighted by Crippen LogP contribution is -2.13. The van der Waals surface area contributed by atoms with Gasteiger partial charge in [0.25, 0.3) is 0 Å². The molecule has 0 saturated heterocycles. The van der Waals surface area contributed by atoms with Gasteiger partial charge in [0.05, 0.1) is 5.02 Å². The second kappa shape index (κ2) is 5.90. The van der Waals surface area contributed by atoms with Crippen LogP contribution < -0.4 is 10.5 Å². The summed E-state index contributed by atoms with van der Waals surface area (Å²) in [6.45, 7) is 0. The molecule has 3 N–H and O–H groups in total. The van der Waals surface area contributed by atoms with E-state index >= 15 is 0 Å². The van der Waals surface area contributed by atoms with Crippen molar-refractivity contribution in [3.63, 3.8) is 0 Å². The van der Waals surface area contributed by atoms with Gasteiger partial charge in [-0.2, -0.15) is 0 Å². The van der Waals surface area contributed by atoms with Gasteiger partial charge in [-0.05, 0) is 24.3 Å². The number of amidine groups is 1. The van der Waals surface area contributed by atoms with Crippen molar-refractivity contribution in [3.8, 4) is 11.6 Å². The maximum Gasteiger partial charge on any atom is 0.219 e. The Morgan fingerprint density at radius 2 is 2.16 bits per heavy atom. The monoisotopic (exact) mass is 341 g/mol. The van der Waals surface area contributed by atoms with E-state index in [1.165, 1.54) is 6.20 Å². The maximum absolute atomic E-state index is 8.62. The van der Waals surface area contributed by atoms with E-state index in [-0.39, 0.29) is 5.84 Å². The molecule has 0 unspecified atom stereocenters. The number of pyridine rings is 1. The first kappa shape index (κ1) is 13.6. The molecule has 1 aromatic carbocycles. The molecule has 1 heterocycles. The highest BCUT2D eigenvalue weighted by Gasteiger charge is 2.07. The first-order valence-electron chi connectivity index (χ1n) is 5.17. The van der Waals surface area contributed by atoms with Crippen LogP contribution in [0.1, 0.15) is 5.56 Å². The molecule has 2 rings (SSSR count). The van der Waals surface area contributed by atoms with Crippen LogP contribution in [0.25, 0.3) is 0 Å². The Bertz CT molecular complexity index is 634. The first-order valence-corrected chi connectivity index (χ1v) is 6.34. The number of nitrogens with two attached hydrogens (primary N) is 1. The molecule has 0 aliphatic carbocycles. The summed E-state index contributed by atoms with van der Waals surface area (Å²) in [5, 5.41) is 12.0. The number of hydrogen-bond donors (Lipinski definition) is 2. The van der Waals surface area contributed by atoms with Gasteiger partial charge in [0.1, 0.15) is 5.75 Å². The maximum atomic E-state index is 8.62. The summed E-state index contributed by atoms with van der Waals surface area (Å²) < 4.78 is 6.39. The van der Waals surface area contributed by atoms with Crippen molar-refractivity contribution in [2.45, 2.75) is 0 Å². The molecule has 0 aliphatic heterocycles. The van der Waals surface area contributed by atoms with Crippen molar-refractivity contribution >= 4 is 33.4 Å². The van der Waals surface area contributed by atoms with Crippen LogP contribution in [0.15, 0.2) is 46.2 Å². The Kier molecular flexibility index (Phi) is 4.24. The third kappa shape index (κ3) is 3.36. The summed E-state index contributed by atoms with van der Waals surface area (Å²) in [5.74, 6) is 0.733. The number of aromatic nitrogens is 1. The average Bonchev–Trinajstić information content (AvgIpc) is 2.42. The number of rotatable bonds is 3. The zero-order valence-electron chi connectivity index (χ0n) is 9.55. The number of hydrogen-bond acceptors (Lipinski definition) is 4. The first-order chi connectivity index (χ1) is 9.10. The van der Waals surface area contributed by atoms with Crippen molar-refractivity contribution in [1.29, 1.82) is 0 Å². The molecule has 98 valence electrons. The van der Waals surface area contributed by atoms with E-state index in [1.807, 2.05) is 0 Å². The third-order valence-electron chi connectivity index (χ3n) is 2.25. The van der Waals surface area contributed by atoms with Gasteiger partial charge in [-0.15, -0.1) is 0 Å². The summed E-state index contributed by atoms with van der Waals surface area (Å²) in [6, 6.07) is 8.38. The Morgan fingerprint density at radius 3 is 2.89 bits per heavy atom. The highest BCUT2D eigenvalue weighted by atomic mass is 79.9. The highest BCUT2D eigenvalue weighted by molar-refractivity contribution is 9.10. The van der Waals surface area contributed by atoms with Gasteiger partial charge in [0.15, 0.2) is 5.84 Å². The van der Waals surface area contributed by atoms with Gasteiger partial charge < -0.3 is 15.7 Å². The number of halogens is 2. The molecule has 0 saturated carbocycles. The van der Waals surface area contributed by atoms with Gasteiger partial charge in [-0.3, -0.25) is 0 Å². The molecule has 19 heavy (non-hydrogen) atoms. The Labute approximate surface area is 122 Å². The molecule has 0 bridgehead atoms. The lowest BCUT2D eigenvalue weighted by molar-refractivity contribution is 0.318. The lowest BCUT2D eigenvalue weighted by atomic mass is 10.2. The number of nitrogens with zero attached hydrogens (tertiary/aromatic N) is 2. The molecule has 0 atom stereocenters. The molecule has 0 amide bonds. The number of ether oxygens (including phenoxy) is 1. The fraction of sp³-hybridized carbons (Fsp3) is 0. The quantitative estimate of drug-likeness (QED) is 0.388. The zero-order valence-corrected chi connectivity index (χ0v) is 11.9. The average molecular weight is 343 g/mol. The SMILES string of the molecule is NC(=NO)c1ccnc(Oc2cc(Br)ccc2Cl)c1. The fourth-order valence-corrected chi connectivity index (χ4v) is 1.85. The zero-order chi connectivity index (χ0) is 13.8. The minimum absolute atomic E-state index is 0.0208. The Morgan fingerprint density at radius 1 is 1.37 bits per heavy atom. The van der Waals surface area contributed by atoms with Gasteiger partial charge in [-0.1, -0.05) is 32.7 Å². The highest BCUT2D eigenvalue weighted by Crippen LogP contribution is 2.31. The van der Waals surface area contributed by atoms with Gasteiger partial charge >= 0.3 is 0 Å². The van der Waals surface area contributed by atoms with Crippen LogP contribution in [-0.2, 0) is 0 Å². The van der Waals surface area contributed by atoms with Crippen molar-refractivity contribution in [2.75, 3.05) is 0 Å². The van der Waals surface area contributed by atoms with Crippen molar-refractivity contribution < 1.29 is 9.94 Å². The van der Waals surface area contributed by atoms with Gasteiger partial charge in [0, 0.05) is 22.3 Å². The predicted octanol–water partition coefficient (Wildman–Crippen LogP) is 3.38. The topological polar surface area (TPSA) is 80.7 Å². The van der Waals surface area contributed by atoms with E-state index in [1.54, 1.807) is 30.3 Å². The minimum atomic E-state index is -0.0208. The lowest BCUT2D eigenvalue weighted by Gasteiger charge is -2.08. The van der Waals surface area contributed by atoms with E-state index in [0.717, 1.165) is 4.47 Å². The summed E-state index contributed by atoms with van der Waals surface area (Å²) in [6.07, 6.45) is 1.49. The van der Waals surface area contributed by atoms with Crippen LogP contribution in [0.3, 0.4) is 0 Å². The normalized spacial score (nSPS) is 11.4. The summed E-state index contributed by atoms with van der Waals surface area (Å²) in [5.41, 5.74) is 5.99. The van der Waals surface area contributed by atoms with Gasteiger partial charge in [0.2, 0.25) is 5.88 Å². The van der Waals surface area contributed by atoms with Crippen LogP contribution in [0.5, 0.6) is 11.6 Å². The van der Waals surface area contributed by atoms with Crippen LogP contribution >= 0.6 is 27.5 Å². The van der Waals surface area contributed by atoms with Crippen LogP contribution in [0, 0.1) is 0 Å². The van der Waals surface area contributed by atoms with Crippen molar-refractivity contribution in [3.05, 3.63) is 51.6 Å². The second-order valence-corrected chi connectivity index (χ2v) is 4.87. The smallest absolute Gasteiger partial charge is 0.219 e. The minimum Gasteiger partial charge on any atom is -0.437 e. The molecule has 5 nitrogen and oxygen atoms in total. The Hall–Kier alpha value is -1.79. The molecular weight excluding hydrogens is 334 g/mol. The molecule has 0 aliphatic rings.